The second kappa shape index (κ2) is 11.3. The van der Waals surface area contributed by atoms with Crippen LogP contribution in [0.25, 0.3) is 0 Å². The molecule has 0 aliphatic rings. The molecular formula is C24H22BrN3O2S2. The van der Waals surface area contributed by atoms with E-state index in [4.69, 9.17) is 12.2 Å². The third-order valence-corrected chi connectivity index (χ3v) is 6.26. The monoisotopic (exact) mass is 527 g/mol. The van der Waals surface area contributed by atoms with Gasteiger partial charge >= 0.3 is 0 Å². The number of amides is 1. The molecule has 0 radical (unpaired) electrons. The number of thiocarbonyl (C=S) groups is 1. The van der Waals surface area contributed by atoms with Crippen LogP contribution < -0.4 is 16.0 Å². The minimum atomic E-state index is -0.279. The summed E-state index contributed by atoms with van der Waals surface area (Å²) >= 11 is 10.2. The van der Waals surface area contributed by atoms with Crippen LogP contribution >= 0.6 is 39.9 Å². The number of nitrogens with one attached hydrogen (secondary N) is 3. The van der Waals surface area contributed by atoms with Crippen molar-refractivity contribution >= 4 is 73.8 Å². The lowest BCUT2D eigenvalue weighted by Crippen LogP contribution is -2.22. The fraction of sp³-hybridized carbons (Fsp3) is 0.125. The van der Waals surface area contributed by atoms with E-state index in [-0.39, 0.29) is 16.9 Å². The highest BCUT2D eigenvalue weighted by Gasteiger charge is 2.15. The Morgan fingerprint density at radius 3 is 2.12 bits per heavy atom. The lowest BCUT2D eigenvalue weighted by molar-refractivity contribution is -0.115. The quantitative estimate of drug-likeness (QED) is 0.183. The molecule has 1 amide bonds. The Labute approximate surface area is 205 Å². The summed E-state index contributed by atoms with van der Waals surface area (Å²) in [4.78, 5) is 24.9. The van der Waals surface area contributed by atoms with Gasteiger partial charge in [0, 0.05) is 32.0 Å². The smallest absolute Gasteiger partial charge is 0.237 e. The number of halogens is 1. The molecule has 0 spiro atoms. The molecule has 0 aromatic heterocycles. The summed E-state index contributed by atoms with van der Waals surface area (Å²) in [5, 5.41) is 9.33. The molecule has 1 unspecified atom stereocenters. The first-order chi connectivity index (χ1) is 15.3. The van der Waals surface area contributed by atoms with E-state index in [0.29, 0.717) is 10.7 Å². The van der Waals surface area contributed by atoms with E-state index in [1.165, 1.54) is 18.7 Å². The van der Waals surface area contributed by atoms with Crippen LogP contribution in [0.3, 0.4) is 0 Å². The minimum absolute atomic E-state index is 0.0197. The van der Waals surface area contributed by atoms with Gasteiger partial charge in [0.1, 0.15) is 0 Å². The Morgan fingerprint density at radius 2 is 1.47 bits per heavy atom. The van der Waals surface area contributed by atoms with Gasteiger partial charge in [-0.25, -0.2) is 0 Å². The van der Waals surface area contributed by atoms with Crippen molar-refractivity contribution in [2.45, 2.75) is 24.0 Å². The number of anilines is 3. The first-order valence-corrected chi connectivity index (χ1v) is 11.9. The molecule has 3 rings (SSSR count). The number of carbonyl (C=O) groups is 2. The zero-order valence-electron chi connectivity index (χ0n) is 17.5. The van der Waals surface area contributed by atoms with Crippen molar-refractivity contribution in [2.24, 2.45) is 0 Å². The van der Waals surface area contributed by atoms with Gasteiger partial charge in [-0.3, -0.25) is 9.59 Å². The van der Waals surface area contributed by atoms with Gasteiger partial charge in [0.15, 0.2) is 10.9 Å². The van der Waals surface area contributed by atoms with E-state index in [9.17, 15) is 9.59 Å². The standard InChI is InChI=1S/C24H22BrN3O2S2/c1-15(29)17-6-10-20(11-7-17)27-24(31)28-21-4-3-5-22(14-21)32-16(2)23(30)26-19-12-8-18(25)9-13-19/h3-14,16H,1-2H3,(H,26,30)(H2,27,28,31). The maximum Gasteiger partial charge on any atom is 0.237 e. The number of thioether (sulfide) groups is 1. The molecule has 0 aliphatic carbocycles. The molecule has 3 aromatic carbocycles. The summed E-state index contributed by atoms with van der Waals surface area (Å²) in [5.41, 5.74) is 3.01. The van der Waals surface area contributed by atoms with Crippen LogP contribution in [-0.4, -0.2) is 22.1 Å². The molecule has 164 valence electrons. The Bertz CT molecular complexity index is 1120. The van der Waals surface area contributed by atoms with Crippen LogP contribution in [0.4, 0.5) is 17.1 Å². The summed E-state index contributed by atoms with van der Waals surface area (Å²) in [7, 11) is 0. The lowest BCUT2D eigenvalue weighted by atomic mass is 10.1. The number of rotatable bonds is 7. The van der Waals surface area contributed by atoms with E-state index >= 15 is 0 Å². The third-order valence-electron chi connectivity index (χ3n) is 4.44. The SMILES string of the molecule is CC(=O)c1ccc(NC(=S)Nc2cccc(SC(C)C(=O)Nc3ccc(Br)cc3)c2)cc1. The zero-order valence-corrected chi connectivity index (χ0v) is 20.7. The van der Waals surface area contributed by atoms with Crippen molar-refractivity contribution in [3.63, 3.8) is 0 Å². The lowest BCUT2D eigenvalue weighted by Gasteiger charge is -2.14. The average Bonchev–Trinajstić information content (AvgIpc) is 2.76. The maximum atomic E-state index is 12.5. The van der Waals surface area contributed by atoms with Gasteiger partial charge in [0.05, 0.1) is 5.25 Å². The number of benzene rings is 3. The van der Waals surface area contributed by atoms with Gasteiger partial charge in [-0.2, -0.15) is 0 Å². The van der Waals surface area contributed by atoms with E-state index < -0.39 is 0 Å². The van der Waals surface area contributed by atoms with Crippen LogP contribution in [0.1, 0.15) is 24.2 Å². The Hall–Kier alpha value is -2.68. The van der Waals surface area contributed by atoms with Crippen molar-refractivity contribution in [2.75, 3.05) is 16.0 Å². The van der Waals surface area contributed by atoms with Crippen molar-refractivity contribution in [1.29, 1.82) is 0 Å². The van der Waals surface area contributed by atoms with Crippen LogP contribution in [0.5, 0.6) is 0 Å². The zero-order chi connectivity index (χ0) is 23.1. The van der Waals surface area contributed by atoms with Gasteiger partial charge < -0.3 is 16.0 Å². The molecular weight excluding hydrogens is 506 g/mol. The summed E-state index contributed by atoms with van der Waals surface area (Å²) in [6.07, 6.45) is 0. The molecule has 8 heteroatoms. The number of ketones is 1. The van der Waals surface area contributed by atoms with Crippen molar-refractivity contribution in [3.8, 4) is 0 Å². The summed E-state index contributed by atoms with van der Waals surface area (Å²) in [5.74, 6) is -0.0480. The maximum absolute atomic E-state index is 12.5. The number of carbonyl (C=O) groups excluding carboxylic acids is 2. The number of Topliss-reactive ketones (excluding diaryl/α,β-unsaturated/α-hetero) is 1. The molecule has 0 saturated heterocycles. The molecule has 0 fully saturated rings. The van der Waals surface area contributed by atoms with E-state index in [1.807, 2.05) is 67.6 Å². The number of hydrogen-bond donors (Lipinski definition) is 3. The molecule has 5 nitrogen and oxygen atoms in total. The fourth-order valence-corrected chi connectivity index (χ4v) is 4.19. The minimum Gasteiger partial charge on any atom is -0.332 e. The molecule has 0 saturated carbocycles. The van der Waals surface area contributed by atoms with Crippen molar-refractivity contribution < 1.29 is 9.59 Å². The van der Waals surface area contributed by atoms with Gasteiger partial charge in [-0.15, -0.1) is 11.8 Å². The van der Waals surface area contributed by atoms with E-state index in [0.717, 1.165) is 26.4 Å². The predicted octanol–water partition coefficient (Wildman–Crippen LogP) is 6.58. The van der Waals surface area contributed by atoms with Gasteiger partial charge in [0.25, 0.3) is 0 Å². The molecule has 32 heavy (non-hydrogen) atoms. The topological polar surface area (TPSA) is 70.2 Å². The van der Waals surface area contributed by atoms with Crippen LogP contribution in [0.15, 0.2) is 82.2 Å². The average molecular weight is 528 g/mol. The van der Waals surface area contributed by atoms with Gasteiger partial charge in [-0.05, 0) is 92.8 Å². The summed E-state index contributed by atoms with van der Waals surface area (Å²) in [6, 6.07) is 22.3. The Kier molecular flexibility index (Phi) is 8.44. The molecule has 0 heterocycles. The van der Waals surface area contributed by atoms with Gasteiger partial charge in [-0.1, -0.05) is 22.0 Å². The highest BCUT2D eigenvalue weighted by Crippen LogP contribution is 2.27. The molecule has 3 N–H and O–H groups in total. The Morgan fingerprint density at radius 1 is 0.875 bits per heavy atom. The Balaban J connectivity index is 1.55. The molecule has 0 bridgehead atoms. The first kappa shape index (κ1) is 24.0. The normalized spacial score (nSPS) is 11.3. The fourth-order valence-electron chi connectivity index (χ4n) is 2.76. The first-order valence-electron chi connectivity index (χ1n) is 9.82. The predicted molar refractivity (Wildman–Crippen MR) is 141 cm³/mol. The highest BCUT2D eigenvalue weighted by atomic mass is 79.9. The van der Waals surface area contributed by atoms with Crippen LogP contribution in [-0.2, 0) is 4.79 Å². The summed E-state index contributed by atoms with van der Waals surface area (Å²) < 4.78 is 0.961. The number of hydrogen-bond acceptors (Lipinski definition) is 4. The third kappa shape index (κ3) is 7.19. The van der Waals surface area contributed by atoms with Crippen LogP contribution in [0.2, 0.25) is 0 Å². The van der Waals surface area contributed by atoms with Crippen LogP contribution in [0, 0.1) is 0 Å². The molecule has 1 atom stereocenters. The van der Waals surface area contributed by atoms with Gasteiger partial charge in [0.2, 0.25) is 5.91 Å². The van der Waals surface area contributed by atoms with Crippen molar-refractivity contribution in [3.05, 3.63) is 82.8 Å². The second-order valence-corrected chi connectivity index (χ2v) is 9.73. The molecule has 3 aromatic rings. The van der Waals surface area contributed by atoms with Crippen molar-refractivity contribution in [1.82, 2.24) is 0 Å². The summed E-state index contributed by atoms with van der Waals surface area (Å²) in [6.45, 7) is 3.40. The highest BCUT2D eigenvalue weighted by molar-refractivity contribution is 9.10. The van der Waals surface area contributed by atoms with E-state index in [2.05, 4.69) is 31.9 Å². The second-order valence-electron chi connectivity index (χ2n) is 7.00. The van der Waals surface area contributed by atoms with E-state index in [1.54, 1.807) is 12.1 Å². The molecule has 0 aliphatic heterocycles. The largest absolute Gasteiger partial charge is 0.332 e.